The number of benzene rings is 2. The number of carbonyl (C=O) groups excluding carboxylic acids is 1. The van der Waals surface area contributed by atoms with Crippen LogP contribution in [0.4, 0.5) is 11.4 Å². The van der Waals surface area contributed by atoms with E-state index in [9.17, 15) is 4.79 Å². The number of aryl methyl sites for hydroxylation is 1. The van der Waals surface area contributed by atoms with Crippen molar-refractivity contribution in [1.29, 1.82) is 0 Å². The molecule has 2 aliphatic rings. The maximum atomic E-state index is 12.8. The number of carbonyl (C=O) groups is 1. The molecule has 6 heteroatoms. The molecule has 2 aromatic rings. The number of hydrogen-bond acceptors (Lipinski definition) is 5. The molecule has 142 valence electrons. The molecule has 1 N–H and O–H groups in total. The fraction of sp³-hybridized carbons (Fsp3) is 0.381. The largest absolute Gasteiger partial charge is 0.482 e. The summed E-state index contributed by atoms with van der Waals surface area (Å²) in [6, 6.07) is 13.6. The number of ether oxygens (including phenoxy) is 2. The first-order chi connectivity index (χ1) is 13.1. The molecule has 2 aliphatic heterocycles. The average Bonchev–Trinajstić information content (AvgIpc) is 2.69. The number of amides is 1. The van der Waals surface area contributed by atoms with Crippen LogP contribution < -0.4 is 19.7 Å². The summed E-state index contributed by atoms with van der Waals surface area (Å²) < 4.78 is 11.7. The van der Waals surface area contributed by atoms with Gasteiger partial charge in [0.2, 0.25) is 6.10 Å². The van der Waals surface area contributed by atoms with Crippen molar-refractivity contribution in [2.24, 2.45) is 0 Å². The monoisotopic (exact) mass is 384 g/mol. The van der Waals surface area contributed by atoms with Gasteiger partial charge in [0, 0.05) is 36.0 Å². The summed E-state index contributed by atoms with van der Waals surface area (Å²) >= 11 is 2.00. The van der Waals surface area contributed by atoms with Crippen molar-refractivity contribution in [2.45, 2.75) is 26.1 Å². The highest BCUT2D eigenvalue weighted by Crippen LogP contribution is 2.34. The minimum absolute atomic E-state index is 0.192. The number of hydrogen-bond donors (Lipinski definition) is 1. The van der Waals surface area contributed by atoms with Crippen LogP contribution in [0.15, 0.2) is 42.5 Å². The molecule has 0 radical (unpaired) electrons. The van der Waals surface area contributed by atoms with Gasteiger partial charge in [0.25, 0.3) is 5.91 Å². The summed E-state index contributed by atoms with van der Waals surface area (Å²) in [5.74, 6) is 3.41. The van der Waals surface area contributed by atoms with Gasteiger partial charge in [-0.1, -0.05) is 12.1 Å². The highest BCUT2D eigenvalue weighted by atomic mass is 32.2. The van der Waals surface area contributed by atoms with E-state index in [1.54, 1.807) is 0 Å². The van der Waals surface area contributed by atoms with Gasteiger partial charge in [-0.2, -0.15) is 11.8 Å². The van der Waals surface area contributed by atoms with Crippen molar-refractivity contribution in [1.82, 2.24) is 0 Å². The Morgan fingerprint density at radius 3 is 2.52 bits per heavy atom. The molecule has 2 heterocycles. The first kappa shape index (κ1) is 18.0. The number of nitrogens with one attached hydrogen (secondary N) is 1. The van der Waals surface area contributed by atoms with Crippen molar-refractivity contribution in [3.8, 4) is 11.5 Å². The summed E-state index contributed by atoms with van der Waals surface area (Å²) in [5, 5.41) is 3.00. The number of anilines is 2. The van der Waals surface area contributed by atoms with Gasteiger partial charge in [-0.15, -0.1) is 0 Å². The summed E-state index contributed by atoms with van der Waals surface area (Å²) in [4.78, 5) is 15.2. The lowest BCUT2D eigenvalue weighted by Gasteiger charge is -2.31. The van der Waals surface area contributed by atoms with E-state index in [1.165, 1.54) is 5.69 Å². The van der Waals surface area contributed by atoms with E-state index < -0.39 is 6.10 Å². The Labute approximate surface area is 164 Å². The van der Waals surface area contributed by atoms with Crippen LogP contribution >= 0.6 is 11.8 Å². The molecule has 1 amide bonds. The molecule has 27 heavy (non-hydrogen) atoms. The second-order valence-corrected chi connectivity index (χ2v) is 8.12. The van der Waals surface area contributed by atoms with Gasteiger partial charge >= 0.3 is 0 Å². The van der Waals surface area contributed by atoms with Crippen molar-refractivity contribution < 1.29 is 14.3 Å². The number of para-hydroxylation sites is 2. The predicted molar refractivity (Wildman–Crippen MR) is 110 cm³/mol. The quantitative estimate of drug-likeness (QED) is 0.874. The van der Waals surface area contributed by atoms with Gasteiger partial charge in [-0.3, -0.25) is 4.79 Å². The van der Waals surface area contributed by atoms with Crippen LogP contribution in [0, 0.1) is 6.92 Å². The fourth-order valence-corrected chi connectivity index (χ4v) is 4.32. The third-order valence-electron chi connectivity index (χ3n) is 4.94. The topological polar surface area (TPSA) is 50.8 Å². The summed E-state index contributed by atoms with van der Waals surface area (Å²) in [7, 11) is 0. The molecule has 0 aromatic heterocycles. The fourth-order valence-electron chi connectivity index (χ4n) is 3.42. The number of rotatable bonds is 3. The Bertz CT molecular complexity index is 836. The normalized spacial score (nSPS) is 21.6. The standard InChI is InChI=1S/C21H24N2O3S/c1-14-13-16(23-9-11-27-12-10-23)7-8-17(14)22-21(24)20-15(2)25-18-5-3-4-6-19(18)26-20/h3-8,13,15,20H,9-12H2,1-2H3,(H,22,24)/t15-,20+/m0/s1. The van der Waals surface area contributed by atoms with E-state index in [-0.39, 0.29) is 12.0 Å². The summed E-state index contributed by atoms with van der Waals surface area (Å²) in [5.41, 5.74) is 3.07. The number of nitrogens with zero attached hydrogens (tertiary/aromatic N) is 1. The Hall–Kier alpha value is -2.34. The van der Waals surface area contributed by atoms with E-state index in [0.29, 0.717) is 11.5 Å². The predicted octanol–water partition coefficient (Wildman–Crippen LogP) is 3.72. The molecule has 4 rings (SSSR count). The van der Waals surface area contributed by atoms with E-state index in [2.05, 4.69) is 22.3 Å². The maximum absolute atomic E-state index is 12.8. The Kier molecular flexibility index (Phi) is 5.16. The maximum Gasteiger partial charge on any atom is 0.269 e. The first-order valence-electron chi connectivity index (χ1n) is 9.28. The Morgan fingerprint density at radius 1 is 1.11 bits per heavy atom. The zero-order valence-corrected chi connectivity index (χ0v) is 16.4. The lowest BCUT2D eigenvalue weighted by atomic mass is 10.1. The Morgan fingerprint density at radius 2 is 1.81 bits per heavy atom. The number of thioether (sulfide) groups is 1. The van der Waals surface area contributed by atoms with Crippen LogP contribution in [-0.4, -0.2) is 42.7 Å². The molecule has 1 saturated heterocycles. The first-order valence-corrected chi connectivity index (χ1v) is 10.4. The molecule has 1 fully saturated rings. The van der Waals surface area contributed by atoms with Crippen LogP contribution in [0.25, 0.3) is 0 Å². The molecule has 0 aliphatic carbocycles. The summed E-state index contributed by atoms with van der Waals surface area (Å²) in [6.45, 7) is 6.01. The second-order valence-electron chi connectivity index (χ2n) is 6.90. The van der Waals surface area contributed by atoms with Crippen LogP contribution in [0.2, 0.25) is 0 Å². The van der Waals surface area contributed by atoms with E-state index in [1.807, 2.05) is 55.9 Å². The third-order valence-corrected chi connectivity index (χ3v) is 5.89. The molecule has 0 bridgehead atoms. The minimum Gasteiger partial charge on any atom is -0.482 e. The van der Waals surface area contributed by atoms with Crippen molar-refractivity contribution in [3.63, 3.8) is 0 Å². The van der Waals surface area contributed by atoms with Crippen molar-refractivity contribution >= 4 is 29.0 Å². The van der Waals surface area contributed by atoms with E-state index >= 15 is 0 Å². The van der Waals surface area contributed by atoms with Crippen molar-refractivity contribution in [3.05, 3.63) is 48.0 Å². The van der Waals surface area contributed by atoms with Gasteiger partial charge < -0.3 is 19.7 Å². The van der Waals surface area contributed by atoms with Crippen LogP contribution in [0.1, 0.15) is 12.5 Å². The highest BCUT2D eigenvalue weighted by Gasteiger charge is 2.34. The Balaban J connectivity index is 1.46. The molecular formula is C21H24N2O3S. The van der Waals surface area contributed by atoms with E-state index in [4.69, 9.17) is 9.47 Å². The average molecular weight is 385 g/mol. The zero-order chi connectivity index (χ0) is 18.8. The van der Waals surface area contributed by atoms with E-state index in [0.717, 1.165) is 35.8 Å². The smallest absolute Gasteiger partial charge is 0.269 e. The van der Waals surface area contributed by atoms with Crippen LogP contribution in [0.3, 0.4) is 0 Å². The van der Waals surface area contributed by atoms with Crippen LogP contribution in [0.5, 0.6) is 11.5 Å². The SMILES string of the molecule is Cc1cc(N2CCSCC2)ccc1NC(=O)[C@@H]1Oc2ccccc2O[C@H]1C. The molecular weight excluding hydrogens is 360 g/mol. The molecule has 0 spiro atoms. The lowest BCUT2D eigenvalue weighted by molar-refractivity contribution is -0.128. The van der Waals surface area contributed by atoms with Crippen molar-refractivity contribution in [2.75, 3.05) is 34.8 Å². The molecule has 2 aromatic carbocycles. The van der Waals surface area contributed by atoms with Gasteiger partial charge in [0.15, 0.2) is 11.5 Å². The van der Waals surface area contributed by atoms with Gasteiger partial charge in [0.1, 0.15) is 6.10 Å². The number of fused-ring (bicyclic) bond motifs is 1. The zero-order valence-electron chi connectivity index (χ0n) is 15.6. The van der Waals surface area contributed by atoms with Gasteiger partial charge in [0.05, 0.1) is 0 Å². The highest BCUT2D eigenvalue weighted by molar-refractivity contribution is 7.99. The van der Waals surface area contributed by atoms with Crippen LogP contribution in [-0.2, 0) is 4.79 Å². The molecule has 5 nitrogen and oxygen atoms in total. The van der Waals surface area contributed by atoms with Gasteiger partial charge in [-0.25, -0.2) is 0 Å². The minimum atomic E-state index is -0.682. The third kappa shape index (κ3) is 3.86. The molecule has 2 atom stereocenters. The second kappa shape index (κ2) is 7.72. The van der Waals surface area contributed by atoms with Gasteiger partial charge in [-0.05, 0) is 49.7 Å². The molecule has 0 saturated carbocycles. The molecule has 0 unspecified atom stereocenters. The lowest BCUT2D eigenvalue weighted by Crippen LogP contribution is -2.46. The summed E-state index contributed by atoms with van der Waals surface area (Å²) in [6.07, 6.45) is -1.04.